The van der Waals surface area contributed by atoms with Gasteiger partial charge >= 0.3 is 0 Å². The van der Waals surface area contributed by atoms with E-state index in [2.05, 4.69) is 16.6 Å². The van der Waals surface area contributed by atoms with Gasteiger partial charge in [-0.25, -0.2) is 0 Å². The van der Waals surface area contributed by atoms with Crippen molar-refractivity contribution in [1.82, 2.24) is 0 Å². The van der Waals surface area contributed by atoms with E-state index in [1.54, 1.807) is 0 Å². The molecule has 0 aliphatic rings. The highest BCUT2D eigenvalue weighted by molar-refractivity contribution is 5.93. The molecule has 2 nitrogen and oxygen atoms in total. The summed E-state index contributed by atoms with van der Waals surface area (Å²) in [5.74, 6) is 4.72. The van der Waals surface area contributed by atoms with Crippen molar-refractivity contribution in [1.29, 1.82) is 0 Å². The average Bonchev–Trinajstić information content (AvgIpc) is 1.66. The quantitative estimate of drug-likeness (QED) is 0.358. The first-order chi connectivity index (χ1) is 3.77. The summed E-state index contributed by atoms with van der Waals surface area (Å²) in [5, 5.41) is 0. The second-order valence-electron chi connectivity index (χ2n) is 1.29. The van der Waals surface area contributed by atoms with E-state index in [0.717, 1.165) is 0 Å². The average molecular weight is 112 g/mol. The van der Waals surface area contributed by atoms with Gasteiger partial charge in [0.25, 0.3) is 0 Å². The molecule has 0 bridgehead atoms. The van der Waals surface area contributed by atoms with Crippen LogP contribution in [-0.4, -0.2) is 19.5 Å². The Morgan fingerprint density at radius 3 is 2.75 bits per heavy atom. The van der Waals surface area contributed by atoms with Crippen molar-refractivity contribution in [2.24, 2.45) is 0 Å². The second kappa shape index (κ2) is 4.35. The summed E-state index contributed by atoms with van der Waals surface area (Å²) in [4.78, 5) is 10.1. The Balaban J connectivity index is 3.35. The lowest BCUT2D eigenvalue weighted by molar-refractivity contribution is -0.111. The van der Waals surface area contributed by atoms with Gasteiger partial charge in [-0.3, -0.25) is 4.79 Å². The van der Waals surface area contributed by atoms with Crippen molar-refractivity contribution in [2.75, 3.05) is 13.7 Å². The van der Waals surface area contributed by atoms with Crippen molar-refractivity contribution in [3.05, 3.63) is 0 Å². The maximum atomic E-state index is 10.1. The topological polar surface area (TPSA) is 26.3 Å². The Hall–Kier alpha value is -0.810. The SMILES string of the molecule is COCC#CC(C)=O. The van der Waals surface area contributed by atoms with E-state index >= 15 is 0 Å². The summed E-state index contributed by atoms with van der Waals surface area (Å²) in [6.45, 7) is 1.75. The van der Waals surface area contributed by atoms with Gasteiger partial charge in [0.05, 0.1) is 0 Å². The lowest BCUT2D eigenvalue weighted by atomic mass is 10.4. The molecule has 2 heteroatoms. The molecule has 0 N–H and O–H groups in total. The van der Waals surface area contributed by atoms with E-state index in [4.69, 9.17) is 0 Å². The van der Waals surface area contributed by atoms with Gasteiger partial charge in [-0.15, -0.1) is 0 Å². The van der Waals surface area contributed by atoms with Crippen molar-refractivity contribution in [3.8, 4) is 11.8 Å². The fraction of sp³-hybridized carbons (Fsp3) is 0.500. The summed E-state index contributed by atoms with van der Waals surface area (Å²) in [7, 11) is 1.54. The standard InChI is InChI=1S/C6H8O2/c1-6(7)4-3-5-8-2/h5H2,1-2H3. The molecule has 0 aliphatic carbocycles. The molecule has 0 radical (unpaired) electrons. The summed E-state index contributed by atoms with van der Waals surface area (Å²) in [5.41, 5.74) is 0. The van der Waals surface area contributed by atoms with Crippen LogP contribution in [0.15, 0.2) is 0 Å². The predicted octanol–water partition coefficient (Wildman–Crippen LogP) is 0.225. The fourth-order valence-corrected chi connectivity index (χ4v) is 0.233. The van der Waals surface area contributed by atoms with E-state index in [9.17, 15) is 4.79 Å². The number of hydrogen-bond donors (Lipinski definition) is 0. The van der Waals surface area contributed by atoms with E-state index in [-0.39, 0.29) is 5.78 Å². The molecule has 44 valence electrons. The summed E-state index contributed by atoms with van der Waals surface area (Å²) >= 11 is 0. The molecule has 0 unspecified atom stereocenters. The molecule has 0 saturated heterocycles. The molecule has 0 spiro atoms. The number of hydrogen-bond acceptors (Lipinski definition) is 2. The maximum Gasteiger partial charge on any atom is 0.202 e. The molecular weight excluding hydrogens is 104 g/mol. The third-order valence-corrected chi connectivity index (χ3v) is 0.481. The molecular formula is C6H8O2. The number of Topliss-reactive ketones (excluding diaryl/α,β-unsaturated/α-hetero) is 1. The Morgan fingerprint density at radius 1 is 1.75 bits per heavy atom. The third-order valence-electron chi connectivity index (χ3n) is 0.481. The number of ether oxygens (including phenoxy) is 1. The van der Waals surface area contributed by atoms with Crippen LogP contribution in [0.4, 0.5) is 0 Å². The van der Waals surface area contributed by atoms with Gasteiger partial charge in [0.2, 0.25) is 5.78 Å². The minimum Gasteiger partial charge on any atom is -0.372 e. The zero-order chi connectivity index (χ0) is 6.41. The molecule has 8 heavy (non-hydrogen) atoms. The fourth-order valence-electron chi connectivity index (χ4n) is 0.233. The van der Waals surface area contributed by atoms with E-state index < -0.39 is 0 Å². The molecule has 0 fully saturated rings. The van der Waals surface area contributed by atoms with Crippen LogP contribution in [-0.2, 0) is 9.53 Å². The largest absolute Gasteiger partial charge is 0.372 e. The van der Waals surface area contributed by atoms with Crippen LogP contribution in [0.3, 0.4) is 0 Å². The lowest BCUT2D eigenvalue weighted by Gasteiger charge is -1.79. The molecule has 0 heterocycles. The van der Waals surface area contributed by atoms with Gasteiger partial charge in [0.15, 0.2) is 0 Å². The number of methoxy groups -OCH3 is 1. The first-order valence-electron chi connectivity index (χ1n) is 2.25. The number of rotatable bonds is 1. The van der Waals surface area contributed by atoms with Crippen LogP contribution in [0, 0.1) is 11.8 Å². The minimum atomic E-state index is -0.123. The summed E-state index contributed by atoms with van der Waals surface area (Å²) in [6.07, 6.45) is 0. The Morgan fingerprint density at radius 2 is 2.38 bits per heavy atom. The number of ketones is 1. The maximum absolute atomic E-state index is 10.1. The van der Waals surface area contributed by atoms with Crippen molar-refractivity contribution >= 4 is 5.78 Å². The van der Waals surface area contributed by atoms with Gasteiger partial charge in [-0.2, -0.15) is 0 Å². The molecule has 0 aromatic heterocycles. The molecule has 0 rings (SSSR count). The number of carbonyl (C=O) groups is 1. The smallest absolute Gasteiger partial charge is 0.202 e. The molecule has 0 saturated carbocycles. The highest BCUT2D eigenvalue weighted by Gasteiger charge is 1.76. The van der Waals surface area contributed by atoms with E-state index in [1.807, 2.05) is 0 Å². The lowest BCUT2D eigenvalue weighted by Crippen LogP contribution is -1.85. The van der Waals surface area contributed by atoms with Crippen molar-refractivity contribution in [2.45, 2.75) is 6.92 Å². The zero-order valence-electron chi connectivity index (χ0n) is 5.02. The van der Waals surface area contributed by atoms with Crippen LogP contribution >= 0.6 is 0 Å². The summed E-state index contributed by atoms with van der Waals surface area (Å²) < 4.78 is 4.57. The van der Waals surface area contributed by atoms with Crippen LogP contribution in [0.5, 0.6) is 0 Å². The van der Waals surface area contributed by atoms with Crippen LogP contribution in [0.25, 0.3) is 0 Å². The van der Waals surface area contributed by atoms with Crippen LogP contribution < -0.4 is 0 Å². The number of carbonyl (C=O) groups excluding carboxylic acids is 1. The Labute approximate surface area is 48.8 Å². The monoisotopic (exact) mass is 112 g/mol. The van der Waals surface area contributed by atoms with Crippen molar-refractivity contribution < 1.29 is 9.53 Å². The van der Waals surface area contributed by atoms with Gasteiger partial charge in [0, 0.05) is 14.0 Å². The van der Waals surface area contributed by atoms with Crippen molar-refractivity contribution in [3.63, 3.8) is 0 Å². The molecule has 0 aromatic rings. The molecule has 0 aromatic carbocycles. The predicted molar refractivity (Wildman–Crippen MR) is 30.3 cm³/mol. The second-order valence-corrected chi connectivity index (χ2v) is 1.29. The van der Waals surface area contributed by atoms with E-state index in [1.165, 1.54) is 14.0 Å². The van der Waals surface area contributed by atoms with Gasteiger partial charge in [-0.05, 0) is 5.92 Å². The highest BCUT2D eigenvalue weighted by Crippen LogP contribution is 1.63. The molecule has 0 atom stereocenters. The molecule has 0 aliphatic heterocycles. The first-order valence-corrected chi connectivity index (χ1v) is 2.25. The minimum absolute atomic E-state index is 0.123. The zero-order valence-corrected chi connectivity index (χ0v) is 5.02. The van der Waals surface area contributed by atoms with Gasteiger partial charge in [0.1, 0.15) is 6.61 Å². The van der Waals surface area contributed by atoms with Gasteiger partial charge in [-0.1, -0.05) is 5.92 Å². The third kappa shape index (κ3) is 5.19. The van der Waals surface area contributed by atoms with Crippen LogP contribution in [0.1, 0.15) is 6.92 Å². The van der Waals surface area contributed by atoms with E-state index in [0.29, 0.717) is 6.61 Å². The Kier molecular flexibility index (Phi) is 3.91. The Bertz CT molecular complexity index is 127. The molecule has 0 amide bonds. The summed E-state index contributed by atoms with van der Waals surface area (Å²) in [6, 6.07) is 0. The first kappa shape index (κ1) is 7.19. The van der Waals surface area contributed by atoms with Crippen LogP contribution in [0.2, 0.25) is 0 Å². The normalized spacial score (nSPS) is 7.25. The highest BCUT2D eigenvalue weighted by atomic mass is 16.5. The van der Waals surface area contributed by atoms with Gasteiger partial charge < -0.3 is 4.74 Å².